The van der Waals surface area contributed by atoms with Gasteiger partial charge in [0, 0.05) is 43.5 Å². The van der Waals surface area contributed by atoms with Gasteiger partial charge in [0.05, 0.1) is 5.56 Å². The Balaban J connectivity index is 1.31. The topological polar surface area (TPSA) is 111 Å². The first kappa shape index (κ1) is 16.8. The number of aryl methyl sites for hydroxylation is 1. The van der Waals surface area contributed by atoms with Crippen LogP contribution in [0.4, 0.5) is 4.39 Å². The lowest BCUT2D eigenvalue weighted by atomic mass is 10.1. The van der Waals surface area contributed by atoms with Crippen LogP contribution in [0, 0.1) is 5.82 Å². The van der Waals surface area contributed by atoms with E-state index in [4.69, 9.17) is 0 Å². The molecule has 0 radical (unpaired) electrons. The molecule has 10 heteroatoms. The summed E-state index contributed by atoms with van der Waals surface area (Å²) in [5, 5.41) is 17.4. The van der Waals surface area contributed by atoms with Gasteiger partial charge in [0.15, 0.2) is 5.69 Å². The molecule has 0 atom stereocenters. The predicted octanol–water partition coefficient (Wildman–Crippen LogP) is 0.907. The van der Waals surface area contributed by atoms with Crippen LogP contribution in [-0.4, -0.2) is 73.4 Å². The Hall–Kier alpha value is -3.30. The van der Waals surface area contributed by atoms with Crippen LogP contribution in [0.1, 0.15) is 38.5 Å². The van der Waals surface area contributed by atoms with Gasteiger partial charge >= 0.3 is 0 Å². The van der Waals surface area contributed by atoms with E-state index in [1.807, 2.05) is 0 Å². The number of piperazine rings is 1. The van der Waals surface area contributed by atoms with Gasteiger partial charge < -0.3 is 9.80 Å². The number of hydrogen-bond donors (Lipinski definition) is 2. The van der Waals surface area contributed by atoms with E-state index in [0.717, 1.165) is 30.5 Å². The molecule has 2 aliphatic rings. The molecule has 3 heterocycles. The number of H-pyrrole nitrogens is 2. The number of aromatic nitrogens is 5. The minimum absolute atomic E-state index is 0.101. The second kappa shape index (κ2) is 6.39. The van der Waals surface area contributed by atoms with Crippen LogP contribution in [0.15, 0.2) is 12.1 Å². The molecule has 0 unspecified atom stereocenters. The Labute approximate surface area is 158 Å². The fraction of sp³-hybridized carbons (Fsp3) is 0.389. The Bertz CT molecular complexity index is 1080. The van der Waals surface area contributed by atoms with E-state index in [9.17, 15) is 14.0 Å². The summed E-state index contributed by atoms with van der Waals surface area (Å²) < 4.78 is 13.8. The molecule has 0 bridgehead atoms. The Kier molecular flexibility index (Phi) is 3.85. The summed E-state index contributed by atoms with van der Waals surface area (Å²) in [6.07, 6.45) is 2.84. The van der Waals surface area contributed by atoms with Crippen molar-refractivity contribution >= 4 is 22.8 Å². The van der Waals surface area contributed by atoms with E-state index in [1.54, 1.807) is 9.80 Å². The molecule has 1 aliphatic heterocycles. The largest absolute Gasteiger partial charge is 0.335 e. The number of fused-ring (bicyclic) bond motifs is 2. The van der Waals surface area contributed by atoms with Gasteiger partial charge in [-0.3, -0.25) is 14.7 Å². The molecule has 9 nitrogen and oxygen atoms in total. The third-order valence-electron chi connectivity index (χ3n) is 5.48. The maximum absolute atomic E-state index is 13.8. The summed E-state index contributed by atoms with van der Waals surface area (Å²) in [5.41, 5.74) is 3.41. The second-order valence-electron chi connectivity index (χ2n) is 7.11. The summed E-state index contributed by atoms with van der Waals surface area (Å²) in [4.78, 5) is 29.0. The first-order chi connectivity index (χ1) is 13.6. The highest BCUT2D eigenvalue weighted by Gasteiger charge is 2.31. The molecule has 1 saturated heterocycles. The fourth-order valence-corrected chi connectivity index (χ4v) is 4.01. The van der Waals surface area contributed by atoms with Crippen LogP contribution < -0.4 is 0 Å². The number of aromatic amines is 2. The van der Waals surface area contributed by atoms with E-state index < -0.39 is 5.82 Å². The summed E-state index contributed by atoms with van der Waals surface area (Å²) >= 11 is 0. The molecular weight excluding hydrogens is 365 g/mol. The SMILES string of the molecule is O=C(c1n[nH]c2c1CCC2)N1CCN(C(=O)c2cc(F)cc3n[nH]nc23)CC1. The first-order valence-electron chi connectivity index (χ1n) is 9.26. The molecule has 0 saturated carbocycles. The summed E-state index contributed by atoms with van der Waals surface area (Å²) in [7, 11) is 0. The molecule has 28 heavy (non-hydrogen) atoms. The van der Waals surface area contributed by atoms with Gasteiger partial charge in [0.2, 0.25) is 0 Å². The number of carbonyl (C=O) groups is 2. The summed E-state index contributed by atoms with van der Waals surface area (Å²) in [6.45, 7) is 1.55. The molecule has 2 N–H and O–H groups in total. The number of amides is 2. The number of carbonyl (C=O) groups excluding carboxylic acids is 2. The van der Waals surface area contributed by atoms with Gasteiger partial charge in [-0.1, -0.05) is 0 Å². The molecular formula is C18H18FN7O2. The zero-order chi connectivity index (χ0) is 19.3. The quantitative estimate of drug-likeness (QED) is 0.683. The maximum Gasteiger partial charge on any atom is 0.274 e. The highest BCUT2D eigenvalue weighted by Crippen LogP contribution is 2.24. The standard InChI is InChI=1S/C18H18FN7O2/c19-10-8-12(15-14(9-10)21-24-23-15)17(27)25-4-6-26(7-5-25)18(28)16-11-2-1-3-13(11)20-22-16/h8-9H,1-7H2,(H,20,22)(H,21,23,24). The minimum atomic E-state index is -0.536. The fourth-order valence-electron chi connectivity index (χ4n) is 4.01. The van der Waals surface area contributed by atoms with Crippen molar-refractivity contribution in [3.05, 3.63) is 40.5 Å². The lowest BCUT2D eigenvalue weighted by Gasteiger charge is -2.34. The molecule has 2 amide bonds. The van der Waals surface area contributed by atoms with E-state index in [-0.39, 0.29) is 17.4 Å². The van der Waals surface area contributed by atoms with E-state index in [2.05, 4.69) is 25.6 Å². The van der Waals surface area contributed by atoms with Crippen LogP contribution in [0.25, 0.3) is 11.0 Å². The van der Waals surface area contributed by atoms with Crippen molar-refractivity contribution in [1.29, 1.82) is 0 Å². The Morgan fingerprint density at radius 2 is 1.71 bits per heavy atom. The lowest BCUT2D eigenvalue weighted by molar-refractivity contribution is 0.0532. The van der Waals surface area contributed by atoms with Gasteiger partial charge in [-0.25, -0.2) is 4.39 Å². The highest BCUT2D eigenvalue weighted by molar-refractivity contribution is 6.04. The van der Waals surface area contributed by atoms with Crippen molar-refractivity contribution < 1.29 is 14.0 Å². The summed E-state index contributed by atoms with van der Waals surface area (Å²) in [5.74, 6) is -0.951. The van der Waals surface area contributed by atoms with Crippen LogP contribution >= 0.6 is 0 Å². The highest BCUT2D eigenvalue weighted by atomic mass is 19.1. The van der Waals surface area contributed by atoms with E-state index in [0.29, 0.717) is 42.9 Å². The van der Waals surface area contributed by atoms with E-state index >= 15 is 0 Å². The first-order valence-corrected chi connectivity index (χ1v) is 9.26. The van der Waals surface area contributed by atoms with Gasteiger partial charge in [0.25, 0.3) is 11.8 Å². The molecule has 1 aliphatic carbocycles. The Morgan fingerprint density at radius 3 is 2.50 bits per heavy atom. The molecule has 5 rings (SSSR count). The zero-order valence-electron chi connectivity index (χ0n) is 15.0. The summed E-state index contributed by atoms with van der Waals surface area (Å²) in [6, 6.07) is 2.41. The van der Waals surface area contributed by atoms with Crippen molar-refractivity contribution in [2.45, 2.75) is 19.3 Å². The van der Waals surface area contributed by atoms with Gasteiger partial charge in [0.1, 0.15) is 16.9 Å². The van der Waals surface area contributed by atoms with Crippen molar-refractivity contribution in [1.82, 2.24) is 35.4 Å². The van der Waals surface area contributed by atoms with Crippen LogP contribution in [0.3, 0.4) is 0 Å². The second-order valence-corrected chi connectivity index (χ2v) is 7.11. The number of hydrogen-bond acceptors (Lipinski definition) is 5. The lowest BCUT2D eigenvalue weighted by Crippen LogP contribution is -2.50. The van der Waals surface area contributed by atoms with Crippen LogP contribution in [0.5, 0.6) is 0 Å². The van der Waals surface area contributed by atoms with Crippen molar-refractivity contribution in [3.8, 4) is 0 Å². The van der Waals surface area contributed by atoms with Crippen molar-refractivity contribution in [2.75, 3.05) is 26.2 Å². The smallest absolute Gasteiger partial charge is 0.274 e. The minimum Gasteiger partial charge on any atom is -0.335 e. The zero-order valence-corrected chi connectivity index (χ0v) is 15.0. The average molecular weight is 383 g/mol. The number of nitrogens with zero attached hydrogens (tertiary/aromatic N) is 5. The molecule has 1 aromatic carbocycles. The average Bonchev–Trinajstić information content (AvgIpc) is 3.43. The number of rotatable bonds is 2. The number of halogens is 1. The molecule has 1 fully saturated rings. The molecule has 0 spiro atoms. The monoisotopic (exact) mass is 383 g/mol. The Morgan fingerprint density at radius 1 is 0.964 bits per heavy atom. The van der Waals surface area contributed by atoms with Crippen LogP contribution in [0.2, 0.25) is 0 Å². The molecule has 144 valence electrons. The van der Waals surface area contributed by atoms with Gasteiger partial charge in [-0.2, -0.15) is 20.5 Å². The van der Waals surface area contributed by atoms with Crippen LogP contribution in [-0.2, 0) is 12.8 Å². The third-order valence-corrected chi connectivity index (χ3v) is 5.48. The van der Waals surface area contributed by atoms with Crippen molar-refractivity contribution in [3.63, 3.8) is 0 Å². The molecule has 3 aromatic rings. The van der Waals surface area contributed by atoms with Gasteiger partial charge in [-0.15, -0.1) is 0 Å². The number of benzene rings is 1. The third kappa shape index (κ3) is 2.63. The van der Waals surface area contributed by atoms with Gasteiger partial charge in [-0.05, 0) is 25.3 Å². The van der Waals surface area contributed by atoms with Crippen molar-refractivity contribution in [2.24, 2.45) is 0 Å². The van der Waals surface area contributed by atoms with E-state index in [1.165, 1.54) is 12.1 Å². The molecule has 2 aromatic heterocycles. The maximum atomic E-state index is 13.8. The predicted molar refractivity (Wildman–Crippen MR) is 96.3 cm³/mol. The normalized spacial score (nSPS) is 16.6. The number of nitrogens with one attached hydrogen (secondary N) is 2.